The van der Waals surface area contributed by atoms with Crippen LogP contribution in [-0.4, -0.2) is 27.6 Å². The summed E-state index contributed by atoms with van der Waals surface area (Å²) in [5.74, 6) is 0. The Balaban J connectivity index is 1.87. The van der Waals surface area contributed by atoms with Crippen LogP contribution in [-0.2, 0) is 6.54 Å². The van der Waals surface area contributed by atoms with Crippen LogP contribution in [0.2, 0.25) is 0 Å². The van der Waals surface area contributed by atoms with E-state index in [1.54, 1.807) is 0 Å². The fraction of sp³-hybridized carbons (Fsp3) is 0.778. The first kappa shape index (κ1) is 9.09. The summed E-state index contributed by atoms with van der Waals surface area (Å²) in [6, 6.07) is 0.779. The van der Waals surface area contributed by atoms with E-state index in [0.29, 0.717) is 0 Å². The summed E-state index contributed by atoms with van der Waals surface area (Å²) in [6.07, 6.45) is 5.50. The Hall–Kier alpha value is -0.480. The molecule has 1 aromatic heterocycles. The highest BCUT2D eigenvalue weighted by Gasteiger charge is 2.19. The lowest BCUT2D eigenvalue weighted by Gasteiger charge is -2.22. The third kappa shape index (κ3) is 2.25. The van der Waals surface area contributed by atoms with Crippen molar-refractivity contribution < 1.29 is 0 Å². The van der Waals surface area contributed by atoms with E-state index in [1.807, 2.05) is 5.38 Å². The lowest BCUT2D eigenvalue weighted by molar-refractivity contribution is 0.234. The van der Waals surface area contributed by atoms with Gasteiger partial charge in [0.15, 0.2) is 0 Å². The monoisotopic (exact) mass is 197 g/mol. The molecule has 0 aliphatic heterocycles. The van der Waals surface area contributed by atoms with Gasteiger partial charge in [0.05, 0.1) is 5.69 Å². The molecule has 1 saturated carbocycles. The average Bonchev–Trinajstić information content (AvgIpc) is 2.74. The first-order valence-electron chi connectivity index (χ1n) is 4.82. The van der Waals surface area contributed by atoms with Crippen molar-refractivity contribution in [1.82, 2.24) is 14.5 Å². The van der Waals surface area contributed by atoms with E-state index in [9.17, 15) is 0 Å². The molecule has 72 valence electrons. The summed E-state index contributed by atoms with van der Waals surface area (Å²) < 4.78 is 3.87. The minimum Gasteiger partial charge on any atom is -0.297 e. The summed E-state index contributed by atoms with van der Waals surface area (Å²) in [5.41, 5.74) is 1.11. The molecule has 0 unspecified atom stereocenters. The topological polar surface area (TPSA) is 29.0 Å². The Kier molecular flexibility index (Phi) is 2.90. The van der Waals surface area contributed by atoms with Gasteiger partial charge >= 0.3 is 0 Å². The standard InChI is InChI=1S/C9H15N3S/c1-12(9-4-2-3-5-9)6-8-7-13-11-10-8/h7,9H,2-6H2,1H3. The largest absolute Gasteiger partial charge is 0.297 e. The lowest BCUT2D eigenvalue weighted by atomic mass is 10.2. The van der Waals surface area contributed by atoms with Crippen LogP contribution in [0.25, 0.3) is 0 Å². The summed E-state index contributed by atoms with van der Waals surface area (Å²) >= 11 is 1.44. The zero-order valence-corrected chi connectivity index (χ0v) is 8.76. The Morgan fingerprint density at radius 2 is 2.31 bits per heavy atom. The number of rotatable bonds is 3. The highest BCUT2D eigenvalue weighted by molar-refractivity contribution is 7.03. The molecule has 0 radical (unpaired) electrons. The molecule has 2 rings (SSSR count). The molecule has 4 heteroatoms. The second-order valence-corrected chi connectivity index (χ2v) is 4.36. The molecule has 1 aliphatic carbocycles. The Labute approximate surface area is 82.9 Å². The van der Waals surface area contributed by atoms with Crippen molar-refractivity contribution in [3.63, 3.8) is 0 Å². The molecule has 3 nitrogen and oxygen atoms in total. The molecule has 1 heterocycles. The molecule has 0 spiro atoms. The van der Waals surface area contributed by atoms with E-state index in [-0.39, 0.29) is 0 Å². The molecule has 0 atom stereocenters. The third-order valence-electron chi connectivity index (χ3n) is 2.76. The fourth-order valence-electron chi connectivity index (χ4n) is 1.98. The first-order valence-corrected chi connectivity index (χ1v) is 5.66. The predicted octanol–water partition coefficient (Wildman–Crippen LogP) is 1.91. The minimum atomic E-state index is 0.779. The average molecular weight is 197 g/mol. The highest BCUT2D eigenvalue weighted by atomic mass is 32.1. The minimum absolute atomic E-state index is 0.779. The molecule has 13 heavy (non-hydrogen) atoms. The Morgan fingerprint density at radius 1 is 1.54 bits per heavy atom. The molecule has 0 aromatic carbocycles. The van der Waals surface area contributed by atoms with Crippen molar-refractivity contribution in [2.75, 3.05) is 7.05 Å². The SMILES string of the molecule is CN(Cc1csnn1)C1CCCC1. The van der Waals surface area contributed by atoms with Crippen molar-refractivity contribution in [3.8, 4) is 0 Å². The summed E-state index contributed by atoms with van der Waals surface area (Å²) in [7, 11) is 2.19. The first-order chi connectivity index (χ1) is 6.36. The molecule has 0 saturated heterocycles. The van der Waals surface area contributed by atoms with Crippen molar-refractivity contribution in [2.45, 2.75) is 38.3 Å². The zero-order chi connectivity index (χ0) is 9.10. The van der Waals surface area contributed by atoms with Crippen molar-refractivity contribution >= 4 is 11.5 Å². The van der Waals surface area contributed by atoms with E-state index in [2.05, 4.69) is 21.5 Å². The van der Waals surface area contributed by atoms with E-state index in [0.717, 1.165) is 18.3 Å². The van der Waals surface area contributed by atoms with Crippen LogP contribution in [0.5, 0.6) is 0 Å². The van der Waals surface area contributed by atoms with Crippen LogP contribution in [0, 0.1) is 0 Å². The molecular formula is C9H15N3S. The van der Waals surface area contributed by atoms with Gasteiger partial charge in [-0.05, 0) is 31.4 Å². The van der Waals surface area contributed by atoms with Crippen molar-refractivity contribution in [3.05, 3.63) is 11.1 Å². The van der Waals surface area contributed by atoms with Gasteiger partial charge in [-0.2, -0.15) is 0 Å². The smallest absolute Gasteiger partial charge is 0.0895 e. The number of hydrogen-bond acceptors (Lipinski definition) is 4. The second kappa shape index (κ2) is 4.15. The maximum absolute atomic E-state index is 4.05. The number of aromatic nitrogens is 2. The lowest BCUT2D eigenvalue weighted by Crippen LogP contribution is -2.28. The summed E-state index contributed by atoms with van der Waals surface area (Å²) in [4.78, 5) is 2.41. The van der Waals surface area contributed by atoms with E-state index >= 15 is 0 Å². The van der Waals surface area contributed by atoms with Crippen LogP contribution >= 0.6 is 11.5 Å². The van der Waals surface area contributed by atoms with Gasteiger partial charge in [-0.1, -0.05) is 17.3 Å². The molecule has 0 bridgehead atoms. The molecular weight excluding hydrogens is 182 g/mol. The normalized spacial score (nSPS) is 18.6. The summed E-state index contributed by atoms with van der Waals surface area (Å²) in [6.45, 7) is 0.959. The Bertz CT molecular complexity index is 241. The van der Waals surface area contributed by atoms with E-state index in [4.69, 9.17) is 0 Å². The molecule has 0 amide bonds. The van der Waals surface area contributed by atoms with Gasteiger partial charge in [-0.15, -0.1) is 5.10 Å². The quantitative estimate of drug-likeness (QED) is 0.741. The van der Waals surface area contributed by atoms with Crippen LogP contribution in [0.15, 0.2) is 5.38 Å². The third-order valence-corrected chi connectivity index (χ3v) is 3.32. The van der Waals surface area contributed by atoms with E-state index < -0.39 is 0 Å². The zero-order valence-electron chi connectivity index (χ0n) is 7.94. The van der Waals surface area contributed by atoms with Crippen LogP contribution in [0.1, 0.15) is 31.4 Å². The van der Waals surface area contributed by atoms with Crippen LogP contribution < -0.4 is 0 Å². The van der Waals surface area contributed by atoms with Crippen LogP contribution in [0.4, 0.5) is 0 Å². The van der Waals surface area contributed by atoms with Gasteiger partial charge in [0.1, 0.15) is 0 Å². The van der Waals surface area contributed by atoms with Gasteiger partial charge in [0.25, 0.3) is 0 Å². The van der Waals surface area contributed by atoms with Gasteiger partial charge in [-0.25, -0.2) is 0 Å². The molecule has 1 aromatic rings. The number of hydrogen-bond donors (Lipinski definition) is 0. The predicted molar refractivity (Wildman–Crippen MR) is 53.6 cm³/mol. The number of nitrogens with zero attached hydrogens (tertiary/aromatic N) is 3. The maximum atomic E-state index is 4.05. The maximum Gasteiger partial charge on any atom is 0.0895 e. The van der Waals surface area contributed by atoms with Gasteiger partial charge in [-0.3, -0.25) is 4.90 Å². The Morgan fingerprint density at radius 3 is 2.92 bits per heavy atom. The molecule has 0 N–H and O–H groups in total. The fourth-order valence-corrected chi connectivity index (χ4v) is 2.43. The summed E-state index contributed by atoms with van der Waals surface area (Å²) in [5, 5.41) is 6.09. The van der Waals surface area contributed by atoms with E-state index in [1.165, 1.54) is 37.2 Å². The van der Waals surface area contributed by atoms with Gasteiger partial charge < -0.3 is 0 Å². The van der Waals surface area contributed by atoms with Crippen molar-refractivity contribution in [2.24, 2.45) is 0 Å². The van der Waals surface area contributed by atoms with Crippen molar-refractivity contribution in [1.29, 1.82) is 0 Å². The second-order valence-electron chi connectivity index (χ2n) is 3.75. The van der Waals surface area contributed by atoms with Crippen LogP contribution in [0.3, 0.4) is 0 Å². The molecule has 1 fully saturated rings. The van der Waals surface area contributed by atoms with Gasteiger partial charge in [0.2, 0.25) is 0 Å². The molecule has 1 aliphatic rings. The highest BCUT2D eigenvalue weighted by Crippen LogP contribution is 2.23. The van der Waals surface area contributed by atoms with Gasteiger partial charge in [0, 0.05) is 18.0 Å².